The van der Waals surface area contributed by atoms with Crippen LogP contribution in [0.2, 0.25) is 0 Å². The van der Waals surface area contributed by atoms with Gasteiger partial charge in [-0.2, -0.15) is 0 Å². The molecule has 5 nitrogen and oxygen atoms in total. The highest BCUT2D eigenvalue weighted by atomic mass is 16.8. The van der Waals surface area contributed by atoms with E-state index in [-0.39, 0.29) is 34.9 Å². The summed E-state index contributed by atoms with van der Waals surface area (Å²) in [6.07, 6.45) is 8.07. The van der Waals surface area contributed by atoms with Crippen LogP contribution in [0.5, 0.6) is 5.75 Å². The molecule has 0 amide bonds. The number of para-hydroxylation sites is 1. The van der Waals surface area contributed by atoms with Crippen LogP contribution < -0.4 is 4.74 Å². The number of hydrogen-bond donors (Lipinski definition) is 2. The largest absolute Gasteiger partial charge is 0.457 e. The van der Waals surface area contributed by atoms with Crippen molar-refractivity contribution < 1.29 is 24.5 Å². The molecule has 2 N–H and O–H groups in total. The Labute approximate surface area is 195 Å². The predicted octanol–water partition coefficient (Wildman–Crippen LogP) is 4.05. The molecule has 0 radical (unpaired) electrons. The minimum absolute atomic E-state index is 0.0297. The van der Waals surface area contributed by atoms with Crippen molar-refractivity contribution in [2.24, 2.45) is 34.5 Å². The van der Waals surface area contributed by atoms with Crippen LogP contribution in [0.25, 0.3) is 0 Å². The number of carbonyl (C=O) groups excluding carboxylic acids is 1. The zero-order valence-electron chi connectivity index (χ0n) is 19.7. The van der Waals surface area contributed by atoms with Gasteiger partial charge < -0.3 is 19.7 Å². The molecule has 1 saturated heterocycles. The Balaban J connectivity index is 1.38. The number of allylic oxidation sites excluding steroid dienone is 4. The number of fused-ring (bicyclic) bond motifs is 5. The van der Waals surface area contributed by atoms with Crippen LogP contribution in [-0.2, 0) is 9.53 Å². The molecule has 5 aliphatic rings. The Bertz CT molecular complexity index is 1040. The van der Waals surface area contributed by atoms with Gasteiger partial charge in [0.15, 0.2) is 5.78 Å². The van der Waals surface area contributed by atoms with Crippen molar-refractivity contribution in [1.82, 2.24) is 0 Å². The third-order valence-corrected chi connectivity index (χ3v) is 10.1. The lowest BCUT2D eigenvalue weighted by Gasteiger charge is -2.60. The lowest BCUT2D eigenvalue weighted by atomic mass is 9.46. The maximum absolute atomic E-state index is 12.5. The maximum Gasteiger partial charge on any atom is 0.264 e. The van der Waals surface area contributed by atoms with Gasteiger partial charge in [0, 0.05) is 16.7 Å². The first-order valence-corrected chi connectivity index (χ1v) is 12.4. The summed E-state index contributed by atoms with van der Waals surface area (Å²) in [4.78, 5) is 12.0. The SMILES string of the molecule is CC1C[C@H]2[C@@H]3CCC4=CC(=O)C=C[C@]4(C)[C@H]3C(O)C[C@]2(C)[C@@]1(O)C1(Oc2ccccc2)CO1. The molecule has 1 aromatic carbocycles. The fourth-order valence-electron chi connectivity index (χ4n) is 8.57. The molecule has 1 aromatic rings. The van der Waals surface area contributed by atoms with E-state index >= 15 is 0 Å². The van der Waals surface area contributed by atoms with E-state index in [2.05, 4.69) is 20.8 Å². The molecule has 6 rings (SSSR count). The Morgan fingerprint density at radius 3 is 2.61 bits per heavy atom. The van der Waals surface area contributed by atoms with Gasteiger partial charge in [-0.15, -0.1) is 0 Å². The molecular weight excluding hydrogens is 416 g/mol. The highest BCUT2D eigenvalue weighted by molar-refractivity contribution is 6.01. The number of carbonyl (C=O) groups is 1. The molecule has 1 heterocycles. The molecule has 4 aliphatic carbocycles. The second-order valence-corrected chi connectivity index (χ2v) is 11.6. The maximum atomic E-state index is 12.5. The topological polar surface area (TPSA) is 79.3 Å². The molecular formula is C28H34O5. The number of benzene rings is 1. The van der Waals surface area contributed by atoms with E-state index in [4.69, 9.17) is 9.47 Å². The van der Waals surface area contributed by atoms with E-state index < -0.39 is 22.9 Å². The third kappa shape index (κ3) is 2.67. The van der Waals surface area contributed by atoms with Crippen molar-refractivity contribution >= 4 is 5.78 Å². The van der Waals surface area contributed by atoms with E-state index in [1.54, 1.807) is 12.2 Å². The quantitative estimate of drug-likeness (QED) is 0.680. The summed E-state index contributed by atoms with van der Waals surface area (Å²) in [6.45, 7) is 6.79. The van der Waals surface area contributed by atoms with Gasteiger partial charge >= 0.3 is 0 Å². The van der Waals surface area contributed by atoms with E-state index in [0.29, 0.717) is 18.8 Å². The highest BCUT2D eigenvalue weighted by Crippen LogP contribution is 2.71. The number of rotatable bonds is 3. The molecule has 4 fully saturated rings. The molecule has 0 bridgehead atoms. The summed E-state index contributed by atoms with van der Waals surface area (Å²) in [6, 6.07) is 9.57. The lowest BCUT2D eigenvalue weighted by molar-refractivity contribution is -0.235. The standard InChI is InChI=1S/C28H34O5/c1-17-13-22-21-10-9-18-14-19(29)11-12-25(18,2)24(21)23(30)15-26(22,3)28(17,31)27(16-32-27)33-20-7-5-4-6-8-20/h4-8,11-12,14,17,21-24,30-31H,9-10,13,15-16H2,1-3H3/t17?,21-,22-,23?,24+,25-,26-,27?,28+/m0/s1. The third-order valence-electron chi connectivity index (χ3n) is 10.1. The van der Waals surface area contributed by atoms with Crippen LogP contribution in [0.3, 0.4) is 0 Å². The van der Waals surface area contributed by atoms with E-state index in [9.17, 15) is 15.0 Å². The van der Waals surface area contributed by atoms with Gasteiger partial charge in [0.05, 0.1) is 6.10 Å². The predicted molar refractivity (Wildman–Crippen MR) is 123 cm³/mol. The summed E-state index contributed by atoms with van der Waals surface area (Å²) < 4.78 is 12.3. The van der Waals surface area contributed by atoms with Crippen molar-refractivity contribution in [2.45, 2.75) is 63.9 Å². The number of aliphatic hydroxyl groups is 2. The lowest BCUT2D eigenvalue weighted by Crippen LogP contribution is -2.65. The smallest absolute Gasteiger partial charge is 0.264 e. The number of hydrogen-bond acceptors (Lipinski definition) is 5. The molecule has 3 saturated carbocycles. The average molecular weight is 451 g/mol. The summed E-state index contributed by atoms with van der Waals surface area (Å²) in [5.74, 6) is 0.182. The van der Waals surface area contributed by atoms with Crippen molar-refractivity contribution in [3.63, 3.8) is 0 Å². The molecule has 1 aliphatic heterocycles. The number of aliphatic hydroxyl groups excluding tert-OH is 1. The first-order valence-electron chi connectivity index (χ1n) is 12.4. The van der Waals surface area contributed by atoms with Gasteiger partial charge in [-0.3, -0.25) is 4.79 Å². The molecule has 0 aromatic heterocycles. The van der Waals surface area contributed by atoms with Gasteiger partial charge in [0.1, 0.15) is 18.0 Å². The fourth-order valence-corrected chi connectivity index (χ4v) is 8.57. The van der Waals surface area contributed by atoms with Crippen LogP contribution in [0.4, 0.5) is 0 Å². The van der Waals surface area contributed by atoms with Crippen molar-refractivity contribution in [3.8, 4) is 5.75 Å². The Kier molecular flexibility index (Phi) is 4.45. The summed E-state index contributed by atoms with van der Waals surface area (Å²) in [5, 5.41) is 24.1. The van der Waals surface area contributed by atoms with E-state index in [1.807, 2.05) is 36.4 Å². The second kappa shape index (κ2) is 6.80. The van der Waals surface area contributed by atoms with Gasteiger partial charge in [-0.05, 0) is 67.7 Å². The first-order chi connectivity index (χ1) is 15.6. The van der Waals surface area contributed by atoms with Crippen LogP contribution in [0.15, 0.2) is 54.1 Å². The Morgan fingerprint density at radius 1 is 1.18 bits per heavy atom. The highest BCUT2D eigenvalue weighted by Gasteiger charge is 2.79. The molecule has 3 unspecified atom stereocenters. The van der Waals surface area contributed by atoms with Crippen molar-refractivity contribution in [3.05, 3.63) is 54.1 Å². The van der Waals surface area contributed by atoms with E-state index in [0.717, 1.165) is 24.8 Å². The minimum Gasteiger partial charge on any atom is -0.457 e. The molecule has 176 valence electrons. The molecule has 5 heteroatoms. The summed E-state index contributed by atoms with van der Waals surface area (Å²) in [7, 11) is 0. The Morgan fingerprint density at radius 2 is 1.91 bits per heavy atom. The molecule has 33 heavy (non-hydrogen) atoms. The second-order valence-electron chi connectivity index (χ2n) is 11.6. The normalized spacial score (nSPS) is 50.2. The average Bonchev–Trinajstić information content (AvgIpc) is 3.53. The van der Waals surface area contributed by atoms with Gasteiger partial charge in [-0.25, -0.2) is 0 Å². The van der Waals surface area contributed by atoms with Crippen LogP contribution in [0.1, 0.15) is 46.5 Å². The van der Waals surface area contributed by atoms with Crippen LogP contribution in [-0.4, -0.2) is 40.1 Å². The molecule has 0 spiro atoms. The van der Waals surface area contributed by atoms with Crippen LogP contribution >= 0.6 is 0 Å². The van der Waals surface area contributed by atoms with Crippen molar-refractivity contribution in [2.75, 3.05) is 6.61 Å². The van der Waals surface area contributed by atoms with Crippen LogP contribution in [0, 0.1) is 34.5 Å². The molecule has 9 atom stereocenters. The number of ketones is 1. The zero-order chi connectivity index (χ0) is 23.2. The van der Waals surface area contributed by atoms with E-state index in [1.165, 1.54) is 0 Å². The number of epoxide rings is 1. The number of ether oxygens (including phenoxy) is 2. The monoisotopic (exact) mass is 450 g/mol. The van der Waals surface area contributed by atoms with Gasteiger partial charge in [0.25, 0.3) is 5.79 Å². The van der Waals surface area contributed by atoms with Gasteiger partial charge in [0.2, 0.25) is 0 Å². The zero-order valence-corrected chi connectivity index (χ0v) is 19.7. The Hall–Kier alpha value is -1.95. The first kappa shape index (κ1) is 21.6. The van der Waals surface area contributed by atoms with Crippen molar-refractivity contribution in [1.29, 1.82) is 0 Å². The fraction of sp³-hybridized carbons (Fsp3) is 0.607. The van der Waals surface area contributed by atoms with Gasteiger partial charge in [-0.1, -0.05) is 50.6 Å². The minimum atomic E-state index is -1.21. The summed E-state index contributed by atoms with van der Waals surface area (Å²) in [5.41, 5.74) is -0.906. The summed E-state index contributed by atoms with van der Waals surface area (Å²) >= 11 is 0.